The molecule has 2 unspecified atom stereocenters. The second-order valence-corrected chi connectivity index (χ2v) is 8.23. The molecule has 7 nitrogen and oxygen atoms in total. The fraction of sp³-hybridized carbons (Fsp3) is 0.435. The van der Waals surface area contributed by atoms with Crippen molar-refractivity contribution in [3.63, 3.8) is 0 Å². The number of ether oxygens (including phenoxy) is 2. The van der Waals surface area contributed by atoms with E-state index >= 15 is 0 Å². The third kappa shape index (κ3) is 6.50. The van der Waals surface area contributed by atoms with E-state index in [0.29, 0.717) is 23.0 Å². The number of nitrogens with zero attached hydrogens (tertiary/aromatic N) is 2. The van der Waals surface area contributed by atoms with Crippen molar-refractivity contribution in [1.82, 2.24) is 10.2 Å². The molecule has 1 heterocycles. The number of anilines is 1. The topological polar surface area (TPSA) is 74.3 Å². The van der Waals surface area contributed by atoms with Gasteiger partial charge in [-0.15, -0.1) is 0 Å². The van der Waals surface area contributed by atoms with Crippen LogP contribution in [0.3, 0.4) is 0 Å². The SMILES string of the molecule is CNC(=O)N(C)c1ccc(C)cc1OCC(O)CN1CCC(Oc2ccc(Cl)cc2)C1. The van der Waals surface area contributed by atoms with E-state index < -0.39 is 6.10 Å². The third-order valence-electron chi connectivity index (χ3n) is 5.24. The maximum absolute atomic E-state index is 12.0. The minimum atomic E-state index is -0.659. The summed E-state index contributed by atoms with van der Waals surface area (Å²) in [5.74, 6) is 1.36. The fourth-order valence-electron chi connectivity index (χ4n) is 3.59. The molecule has 0 aromatic heterocycles. The lowest BCUT2D eigenvalue weighted by Gasteiger charge is -2.23. The van der Waals surface area contributed by atoms with Gasteiger partial charge in [0.25, 0.3) is 0 Å². The van der Waals surface area contributed by atoms with Gasteiger partial charge >= 0.3 is 6.03 Å². The summed E-state index contributed by atoms with van der Waals surface area (Å²) in [5, 5.41) is 13.8. The Morgan fingerprint density at radius 3 is 2.77 bits per heavy atom. The van der Waals surface area contributed by atoms with Crippen LogP contribution in [0.5, 0.6) is 11.5 Å². The Bertz CT molecular complexity index is 878. The van der Waals surface area contributed by atoms with Crippen molar-refractivity contribution < 1.29 is 19.4 Å². The lowest BCUT2D eigenvalue weighted by atomic mass is 10.2. The van der Waals surface area contributed by atoms with Gasteiger partial charge in [0, 0.05) is 38.8 Å². The molecule has 0 bridgehead atoms. The highest BCUT2D eigenvalue weighted by Crippen LogP contribution is 2.29. The van der Waals surface area contributed by atoms with Gasteiger partial charge in [0.1, 0.15) is 30.3 Å². The van der Waals surface area contributed by atoms with Gasteiger partial charge in [-0.2, -0.15) is 0 Å². The average Bonchev–Trinajstić information content (AvgIpc) is 3.19. The summed E-state index contributed by atoms with van der Waals surface area (Å²) < 4.78 is 11.9. The van der Waals surface area contributed by atoms with E-state index in [2.05, 4.69) is 10.2 Å². The van der Waals surface area contributed by atoms with Crippen LogP contribution in [-0.4, -0.2) is 68.6 Å². The molecular formula is C23H30ClN3O4. The zero-order valence-electron chi connectivity index (χ0n) is 18.2. The van der Waals surface area contributed by atoms with Gasteiger partial charge in [-0.25, -0.2) is 4.79 Å². The van der Waals surface area contributed by atoms with E-state index in [1.54, 1.807) is 14.1 Å². The minimum absolute atomic E-state index is 0.0823. The maximum Gasteiger partial charge on any atom is 0.321 e. The van der Waals surface area contributed by atoms with Crippen molar-refractivity contribution in [3.05, 3.63) is 53.1 Å². The molecule has 1 aliphatic rings. The number of aryl methyl sites for hydroxylation is 1. The molecule has 1 saturated heterocycles. The van der Waals surface area contributed by atoms with Gasteiger partial charge in [0.15, 0.2) is 0 Å². The van der Waals surface area contributed by atoms with Crippen LogP contribution in [-0.2, 0) is 0 Å². The molecule has 1 aliphatic heterocycles. The molecule has 1 fully saturated rings. The summed E-state index contributed by atoms with van der Waals surface area (Å²) in [5.41, 5.74) is 1.66. The van der Waals surface area contributed by atoms with Crippen molar-refractivity contribution >= 4 is 23.3 Å². The zero-order valence-corrected chi connectivity index (χ0v) is 18.9. The predicted octanol–water partition coefficient (Wildman–Crippen LogP) is 3.32. The van der Waals surface area contributed by atoms with Gasteiger partial charge in [-0.1, -0.05) is 17.7 Å². The number of β-amino-alcohol motifs (C(OH)–C–C–N with tert-alkyl or cyclic N) is 1. The summed E-state index contributed by atoms with van der Waals surface area (Å²) in [4.78, 5) is 15.6. The summed E-state index contributed by atoms with van der Waals surface area (Å²) in [6.07, 6.45) is 0.321. The average molecular weight is 448 g/mol. The molecule has 31 heavy (non-hydrogen) atoms. The Morgan fingerprint density at radius 2 is 2.06 bits per heavy atom. The summed E-state index contributed by atoms with van der Waals surface area (Å²) in [7, 11) is 3.26. The lowest BCUT2D eigenvalue weighted by Crippen LogP contribution is -2.36. The van der Waals surface area contributed by atoms with Crippen LogP contribution in [0.2, 0.25) is 5.02 Å². The first-order chi connectivity index (χ1) is 14.9. The molecule has 2 aromatic rings. The van der Waals surface area contributed by atoms with Crippen molar-refractivity contribution in [2.24, 2.45) is 0 Å². The monoisotopic (exact) mass is 447 g/mol. The van der Waals surface area contributed by atoms with Gasteiger partial charge in [-0.05, 0) is 55.3 Å². The maximum atomic E-state index is 12.0. The van der Waals surface area contributed by atoms with Crippen LogP contribution < -0.4 is 19.7 Å². The Labute approximate surface area is 188 Å². The van der Waals surface area contributed by atoms with E-state index in [0.717, 1.165) is 30.8 Å². The highest BCUT2D eigenvalue weighted by atomic mass is 35.5. The second-order valence-electron chi connectivity index (χ2n) is 7.79. The van der Waals surface area contributed by atoms with Crippen LogP contribution >= 0.6 is 11.6 Å². The second kappa shape index (κ2) is 10.7. The summed E-state index contributed by atoms with van der Waals surface area (Å²) >= 11 is 5.92. The van der Waals surface area contributed by atoms with Crippen LogP contribution in [0.25, 0.3) is 0 Å². The summed E-state index contributed by atoms with van der Waals surface area (Å²) in [6.45, 7) is 4.18. The molecule has 2 atom stereocenters. The van der Waals surface area contributed by atoms with Gasteiger partial charge in [-0.3, -0.25) is 9.80 Å². The number of rotatable bonds is 8. The number of carbonyl (C=O) groups excluding carboxylic acids is 1. The van der Waals surface area contributed by atoms with Crippen molar-refractivity contribution in [2.75, 3.05) is 45.2 Å². The van der Waals surface area contributed by atoms with E-state index in [4.69, 9.17) is 21.1 Å². The quantitative estimate of drug-likeness (QED) is 0.649. The number of amides is 2. The smallest absolute Gasteiger partial charge is 0.321 e. The molecule has 0 radical (unpaired) electrons. The number of aliphatic hydroxyl groups is 1. The molecule has 8 heteroatoms. The third-order valence-corrected chi connectivity index (χ3v) is 5.49. The molecular weight excluding hydrogens is 418 g/mol. The Morgan fingerprint density at radius 1 is 1.32 bits per heavy atom. The highest BCUT2D eigenvalue weighted by Gasteiger charge is 2.26. The van der Waals surface area contributed by atoms with Crippen LogP contribution in [0, 0.1) is 6.92 Å². The van der Waals surface area contributed by atoms with E-state index in [9.17, 15) is 9.90 Å². The van der Waals surface area contributed by atoms with Gasteiger partial charge in [0.2, 0.25) is 0 Å². The molecule has 0 spiro atoms. The fourth-order valence-corrected chi connectivity index (χ4v) is 3.72. The van der Waals surface area contributed by atoms with Crippen LogP contribution in [0.1, 0.15) is 12.0 Å². The standard InChI is InChI=1S/C23H30ClN3O4/c1-16-4-9-21(26(3)23(29)25-2)22(12-16)30-15-18(28)13-27-11-10-20(14-27)31-19-7-5-17(24)6-8-19/h4-9,12,18,20,28H,10-11,13-15H2,1-3H3,(H,25,29). The largest absolute Gasteiger partial charge is 0.489 e. The number of hydrogen-bond donors (Lipinski definition) is 2. The lowest BCUT2D eigenvalue weighted by molar-refractivity contribution is 0.0722. The molecule has 168 valence electrons. The number of benzene rings is 2. The van der Waals surface area contributed by atoms with E-state index in [-0.39, 0.29) is 18.7 Å². The number of nitrogens with one attached hydrogen (secondary N) is 1. The first-order valence-electron chi connectivity index (χ1n) is 10.4. The van der Waals surface area contributed by atoms with Gasteiger partial charge in [0.05, 0.1) is 5.69 Å². The number of likely N-dealkylation sites (tertiary alicyclic amines) is 1. The van der Waals surface area contributed by atoms with Gasteiger partial charge < -0.3 is 19.9 Å². The number of carbonyl (C=O) groups is 1. The normalized spacial score (nSPS) is 17.3. The van der Waals surface area contributed by atoms with E-state index in [1.807, 2.05) is 49.4 Å². The highest BCUT2D eigenvalue weighted by molar-refractivity contribution is 6.30. The van der Waals surface area contributed by atoms with Crippen LogP contribution in [0.4, 0.5) is 10.5 Å². The minimum Gasteiger partial charge on any atom is -0.489 e. The number of halogens is 1. The van der Waals surface area contributed by atoms with Crippen molar-refractivity contribution in [2.45, 2.75) is 25.6 Å². The predicted molar refractivity (Wildman–Crippen MR) is 122 cm³/mol. The Balaban J connectivity index is 1.50. The van der Waals surface area contributed by atoms with E-state index in [1.165, 1.54) is 4.90 Å². The number of hydrogen-bond acceptors (Lipinski definition) is 5. The first kappa shape index (κ1) is 23.2. The summed E-state index contributed by atoms with van der Waals surface area (Å²) in [6, 6.07) is 12.7. The Hall–Kier alpha value is -2.48. The molecule has 3 rings (SSSR count). The first-order valence-corrected chi connectivity index (χ1v) is 10.7. The van der Waals surface area contributed by atoms with Crippen molar-refractivity contribution in [1.29, 1.82) is 0 Å². The molecule has 0 saturated carbocycles. The van der Waals surface area contributed by atoms with Crippen LogP contribution in [0.15, 0.2) is 42.5 Å². The number of aliphatic hydroxyl groups excluding tert-OH is 1. The number of urea groups is 1. The van der Waals surface area contributed by atoms with Crippen molar-refractivity contribution in [3.8, 4) is 11.5 Å². The Kier molecular flexibility index (Phi) is 8.01. The molecule has 2 aromatic carbocycles. The molecule has 2 N–H and O–H groups in total. The zero-order chi connectivity index (χ0) is 22.4. The molecule has 0 aliphatic carbocycles. The molecule has 2 amide bonds.